The Balaban J connectivity index is 2.10. The Bertz CT molecular complexity index is 412. The van der Waals surface area contributed by atoms with Crippen molar-refractivity contribution in [3.63, 3.8) is 0 Å². The third-order valence-electron chi connectivity index (χ3n) is 3.20. The molecule has 1 rings (SSSR count). The summed E-state index contributed by atoms with van der Waals surface area (Å²) in [5.41, 5.74) is 1.27. The quantitative estimate of drug-likeness (QED) is 0.723. The average molecular weight is 291 g/mol. The monoisotopic (exact) mass is 291 g/mol. The van der Waals surface area contributed by atoms with Gasteiger partial charge in [0.25, 0.3) is 0 Å². The van der Waals surface area contributed by atoms with Crippen LogP contribution in [0.2, 0.25) is 0 Å². The van der Waals surface area contributed by atoms with Crippen molar-refractivity contribution >= 4 is 11.6 Å². The first-order valence-electron chi connectivity index (χ1n) is 7.66. The molecule has 0 fully saturated rings. The highest BCUT2D eigenvalue weighted by Gasteiger charge is 2.09. The van der Waals surface area contributed by atoms with Gasteiger partial charge in [-0.05, 0) is 39.3 Å². The lowest BCUT2D eigenvalue weighted by Crippen LogP contribution is -2.38. The zero-order valence-electron chi connectivity index (χ0n) is 13.8. The zero-order chi connectivity index (χ0) is 15.7. The second-order valence-electron chi connectivity index (χ2n) is 6.39. The highest BCUT2D eigenvalue weighted by molar-refractivity contribution is 5.76. The van der Waals surface area contributed by atoms with Crippen LogP contribution in [0, 0.1) is 0 Å². The van der Waals surface area contributed by atoms with Crippen LogP contribution in [0.5, 0.6) is 0 Å². The number of carbonyl (C=O) groups is 1. The van der Waals surface area contributed by atoms with Gasteiger partial charge in [-0.15, -0.1) is 0 Å². The van der Waals surface area contributed by atoms with Gasteiger partial charge in [0.1, 0.15) is 0 Å². The minimum absolute atomic E-state index is 0.0681. The van der Waals surface area contributed by atoms with Crippen molar-refractivity contribution in [3.05, 3.63) is 30.3 Å². The first kappa shape index (κ1) is 17.5. The molecule has 21 heavy (non-hydrogen) atoms. The number of carbonyl (C=O) groups excluding carboxylic acids is 1. The van der Waals surface area contributed by atoms with Gasteiger partial charge in [-0.25, -0.2) is 0 Å². The van der Waals surface area contributed by atoms with Crippen LogP contribution in [0.1, 0.15) is 33.6 Å². The number of rotatable bonds is 8. The molecule has 1 aromatic rings. The van der Waals surface area contributed by atoms with Gasteiger partial charge >= 0.3 is 0 Å². The average Bonchev–Trinajstić information content (AvgIpc) is 2.43. The van der Waals surface area contributed by atoms with E-state index >= 15 is 0 Å². The van der Waals surface area contributed by atoms with Gasteiger partial charge in [0.05, 0.1) is 0 Å². The van der Waals surface area contributed by atoms with E-state index in [1.165, 1.54) is 5.69 Å². The van der Waals surface area contributed by atoms with Crippen LogP contribution in [0.25, 0.3) is 0 Å². The number of nitrogens with one attached hydrogen (secondary N) is 2. The largest absolute Gasteiger partial charge is 0.375 e. The van der Waals surface area contributed by atoms with Crippen molar-refractivity contribution < 1.29 is 4.79 Å². The summed E-state index contributed by atoms with van der Waals surface area (Å²) >= 11 is 0. The normalized spacial score (nSPS) is 11.2. The Morgan fingerprint density at radius 3 is 2.43 bits per heavy atom. The van der Waals surface area contributed by atoms with Gasteiger partial charge in [0, 0.05) is 44.3 Å². The molecule has 1 amide bonds. The van der Waals surface area contributed by atoms with Crippen molar-refractivity contribution in [1.82, 2.24) is 10.6 Å². The molecule has 2 N–H and O–H groups in total. The van der Waals surface area contributed by atoms with E-state index in [4.69, 9.17) is 0 Å². The van der Waals surface area contributed by atoms with Crippen LogP contribution >= 0.6 is 0 Å². The van der Waals surface area contributed by atoms with E-state index in [-0.39, 0.29) is 11.4 Å². The molecule has 0 aliphatic carbocycles. The van der Waals surface area contributed by atoms with Crippen LogP contribution in [-0.2, 0) is 4.79 Å². The van der Waals surface area contributed by atoms with Crippen LogP contribution in [0.4, 0.5) is 5.69 Å². The minimum Gasteiger partial charge on any atom is -0.375 e. The molecular weight excluding hydrogens is 262 g/mol. The van der Waals surface area contributed by atoms with Crippen LogP contribution in [-0.4, -0.2) is 38.1 Å². The summed E-state index contributed by atoms with van der Waals surface area (Å²) in [6.45, 7) is 8.69. The fourth-order valence-corrected chi connectivity index (χ4v) is 2.00. The standard InChI is InChI=1S/C17H29N3O/c1-17(2,3)19-13-11-16(21)18-12-8-14-20(4)15-9-6-5-7-10-15/h5-7,9-10,19H,8,11-14H2,1-4H3,(H,18,21). The third-order valence-corrected chi connectivity index (χ3v) is 3.20. The molecule has 1 aromatic carbocycles. The van der Waals surface area contributed by atoms with Crippen LogP contribution in [0.3, 0.4) is 0 Å². The van der Waals surface area contributed by atoms with E-state index in [1.54, 1.807) is 0 Å². The molecule has 0 bridgehead atoms. The van der Waals surface area contributed by atoms with Crippen molar-refractivity contribution in [1.29, 1.82) is 0 Å². The molecule has 0 radical (unpaired) electrons. The van der Waals surface area contributed by atoms with Gasteiger partial charge in [-0.3, -0.25) is 4.79 Å². The molecule has 0 atom stereocenters. The number of hydrogen-bond donors (Lipinski definition) is 2. The van der Waals surface area contributed by atoms with E-state index in [0.717, 1.165) is 26.1 Å². The Labute approximate surface area is 128 Å². The maximum absolute atomic E-state index is 11.7. The lowest BCUT2D eigenvalue weighted by molar-refractivity contribution is -0.121. The van der Waals surface area contributed by atoms with Crippen molar-refractivity contribution in [2.24, 2.45) is 0 Å². The van der Waals surface area contributed by atoms with Gasteiger partial charge in [0.2, 0.25) is 5.91 Å². The molecule has 4 nitrogen and oxygen atoms in total. The van der Waals surface area contributed by atoms with E-state index < -0.39 is 0 Å². The molecule has 0 spiro atoms. The Hall–Kier alpha value is -1.55. The predicted octanol–water partition coefficient (Wildman–Crippen LogP) is 2.41. The molecule has 0 aliphatic rings. The first-order chi connectivity index (χ1) is 9.88. The SMILES string of the molecule is CN(CCCNC(=O)CCNC(C)(C)C)c1ccccc1. The zero-order valence-corrected chi connectivity index (χ0v) is 13.8. The Morgan fingerprint density at radius 2 is 1.81 bits per heavy atom. The number of nitrogens with zero attached hydrogens (tertiary/aromatic N) is 1. The van der Waals surface area contributed by atoms with Gasteiger partial charge in [0.15, 0.2) is 0 Å². The minimum atomic E-state index is 0.0681. The molecule has 4 heteroatoms. The number of para-hydroxylation sites is 1. The summed E-state index contributed by atoms with van der Waals surface area (Å²) in [5, 5.41) is 6.28. The molecule has 118 valence electrons. The number of amides is 1. The van der Waals surface area contributed by atoms with Gasteiger partial charge in [-0.1, -0.05) is 18.2 Å². The second kappa shape index (κ2) is 8.67. The van der Waals surface area contributed by atoms with Crippen LogP contribution in [0.15, 0.2) is 30.3 Å². The first-order valence-corrected chi connectivity index (χ1v) is 7.66. The van der Waals surface area contributed by atoms with E-state index in [0.29, 0.717) is 6.42 Å². The molecule has 0 aromatic heterocycles. The summed E-state index contributed by atoms with van der Waals surface area (Å²) in [7, 11) is 2.07. The number of hydrogen-bond acceptors (Lipinski definition) is 3. The fourth-order valence-electron chi connectivity index (χ4n) is 2.00. The van der Waals surface area contributed by atoms with Crippen LogP contribution < -0.4 is 15.5 Å². The lowest BCUT2D eigenvalue weighted by atomic mass is 10.1. The number of anilines is 1. The lowest BCUT2D eigenvalue weighted by Gasteiger charge is -2.20. The summed E-state index contributed by atoms with van der Waals surface area (Å²) < 4.78 is 0. The topological polar surface area (TPSA) is 44.4 Å². The fraction of sp³-hybridized carbons (Fsp3) is 0.588. The maximum atomic E-state index is 11.7. The van der Waals surface area contributed by atoms with E-state index in [1.807, 2.05) is 18.2 Å². The molecule has 0 saturated carbocycles. The molecule has 0 saturated heterocycles. The van der Waals surface area contributed by atoms with E-state index in [9.17, 15) is 4.79 Å². The molecule has 0 aliphatic heterocycles. The summed E-state index contributed by atoms with van der Waals surface area (Å²) in [4.78, 5) is 13.9. The highest BCUT2D eigenvalue weighted by atomic mass is 16.1. The second-order valence-corrected chi connectivity index (χ2v) is 6.39. The number of benzene rings is 1. The smallest absolute Gasteiger partial charge is 0.221 e. The molecular formula is C17H29N3O. The van der Waals surface area contributed by atoms with E-state index in [2.05, 4.69) is 55.5 Å². The summed E-state index contributed by atoms with van der Waals surface area (Å²) in [5.74, 6) is 0.120. The van der Waals surface area contributed by atoms with Crippen molar-refractivity contribution in [2.75, 3.05) is 31.6 Å². The highest BCUT2D eigenvalue weighted by Crippen LogP contribution is 2.10. The summed E-state index contributed by atoms with van der Waals surface area (Å²) in [6.07, 6.45) is 1.48. The van der Waals surface area contributed by atoms with Gasteiger partial charge in [-0.2, -0.15) is 0 Å². The predicted molar refractivity (Wildman–Crippen MR) is 89.7 cm³/mol. The van der Waals surface area contributed by atoms with Gasteiger partial charge < -0.3 is 15.5 Å². The summed E-state index contributed by atoms with van der Waals surface area (Å²) in [6, 6.07) is 10.3. The Kier molecular flexibility index (Phi) is 7.23. The maximum Gasteiger partial charge on any atom is 0.221 e. The molecule has 0 unspecified atom stereocenters. The van der Waals surface area contributed by atoms with Crippen molar-refractivity contribution in [3.8, 4) is 0 Å². The third kappa shape index (κ3) is 8.35. The molecule has 0 heterocycles. The Morgan fingerprint density at radius 1 is 1.14 bits per heavy atom. The van der Waals surface area contributed by atoms with Crippen molar-refractivity contribution in [2.45, 2.75) is 39.2 Å².